The summed E-state index contributed by atoms with van der Waals surface area (Å²) in [6, 6.07) is 6.06. The highest BCUT2D eigenvalue weighted by molar-refractivity contribution is 5.48. The minimum Gasteiger partial charge on any atom is -0.454 e. The Kier molecular flexibility index (Phi) is 3.51. The topological polar surface area (TPSA) is 39.7 Å². The van der Waals surface area contributed by atoms with Crippen molar-refractivity contribution >= 4 is 0 Å². The van der Waals surface area contributed by atoms with Crippen LogP contribution in [0.25, 0.3) is 0 Å². The van der Waals surface area contributed by atoms with Crippen LogP contribution < -0.4 is 14.8 Å². The minimum atomic E-state index is 0.233. The van der Waals surface area contributed by atoms with Crippen molar-refractivity contribution < 1.29 is 14.2 Å². The van der Waals surface area contributed by atoms with Crippen LogP contribution in [0.4, 0.5) is 0 Å². The molecule has 1 aromatic rings. The smallest absolute Gasteiger partial charge is 0.231 e. The van der Waals surface area contributed by atoms with Crippen molar-refractivity contribution in [2.75, 3.05) is 13.3 Å². The maximum atomic E-state index is 6.32. The summed E-state index contributed by atoms with van der Waals surface area (Å²) in [5, 5.41) is 3.52. The first-order valence-electron chi connectivity index (χ1n) is 8.11. The number of benzene rings is 1. The first-order valence-corrected chi connectivity index (χ1v) is 8.11. The van der Waals surface area contributed by atoms with Gasteiger partial charge in [0, 0.05) is 18.7 Å². The fourth-order valence-corrected chi connectivity index (χ4v) is 3.92. The second kappa shape index (κ2) is 5.50. The summed E-state index contributed by atoms with van der Waals surface area (Å²) in [5.74, 6) is 1.75. The molecule has 1 atom stereocenters. The van der Waals surface area contributed by atoms with E-state index in [1.54, 1.807) is 0 Å². The molecule has 1 saturated heterocycles. The van der Waals surface area contributed by atoms with Gasteiger partial charge in [-0.25, -0.2) is 0 Å². The van der Waals surface area contributed by atoms with Gasteiger partial charge in [0.15, 0.2) is 11.5 Å². The molecule has 4 heteroatoms. The molecule has 1 unspecified atom stereocenters. The zero-order chi connectivity index (χ0) is 14.1. The molecule has 0 bridgehead atoms. The zero-order valence-corrected chi connectivity index (χ0v) is 12.4. The summed E-state index contributed by atoms with van der Waals surface area (Å²) in [6.07, 6.45) is 8.02. The molecular formula is C17H23NO3. The monoisotopic (exact) mass is 289 g/mol. The summed E-state index contributed by atoms with van der Waals surface area (Å²) in [5.41, 5.74) is 1.40. The van der Waals surface area contributed by atoms with Crippen LogP contribution in [0.5, 0.6) is 11.5 Å². The van der Waals surface area contributed by atoms with E-state index in [9.17, 15) is 0 Å². The van der Waals surface area contributed by atoms with E-state index in [0.29, 0.717) is 12.9 Å². The van der Waals surface area contributed by atoms with Crippen LogP contribution in [-0.2, 0) is 11.3 Å². The lowest BCUT2D eigenvalue weighted by molar-refractivity contribution is -0.0351. The lowest BCUT2D eigenvalue weighted by Gasteiger charge is -2.24. The number of rotatable bonds is 4. The third-order valence-electron chi connectivity index (χ3n) is 5.02. The average molecular weight is 289 g/mol. The van der Waals surface area contributed by atoms with Crippen molar-refractivity contribution in [1.82, 2.24) is 5.32 Å². The molecule has 1 aromatic carbocycles. The molecule has 4 rings (SSSR count). The molecule has 21 heavy (non-hydrogen) atoms. The number of ether oxygens (including phenoxy) is 3. The van der Waals surface area contributed by atoms with Crippen LogP contribution in [0, 0.1) is 0 Å². The Morgan fingerprint density at radius 1 is 1.14 bits per heavy atom. The van der Waals surface area contributed by atoms with Crippen molar-refractivity contribution in [2.45, 2.75) is 56.8 Å². The van der Waals surface area contributed by atoms with E-state index in [4.69, 9.17) is 14.2 Å². The molecule has 1 aliphatic carbocycles. The van der Waals surface area contributed by atoms with Gasteiger partial charge in [0.05, 0.1) is 11.7 Å². The molecule has 4 nitrogen and oxygen atoms in total. The normalized spacial score (nSPS) is 25.8. The average Bonchev–Trinajstić information content (AvgIpc) is 3.22. The van der Waals surface area contributed by atoms with Gasteiger partial charge in [-0.1, -0.05) is 25.0 Å². The van der Waals surface area contributed by atoms with Gasteiger partial charge in [0.25, 0.3) is 0 Å². The van der Waals surface area contributed by atoms with Crippen molar-refractivity contribution in [2.24, 2.45) is 0 Å². The van der Waals surface area contributed by atoms with E-state index in [1.165, 1.54) is 44.1 Å². The largest absolute Gasteiger partial charge is 0.454 e. The summed E-state index contributed by atoms with van der Waals surface area (Å²) in [4.78, 5) is 0. The Labute approximate surface area is 125 Å². The molecule has 0 aromatic heterocycles. The number of hydrogen-bond donors (Lipinski definition) is 1. The van der Waals surface area contributed by atoms with Gasteiger partial charge in [-0.15, -0.1) is 0 Å². The van der Waals surface area contributed by atoms with Crippen LogP contribution in [0.15, 0.2) is 18.2 Å². The Morgan fingerprint density at radius 3 is 2.95 bits per heavy atom. The fourth-order valence-electron chi connectivity index (χ4n) is 3.92. The second-order valence-corrected chi connectivity index (χ2v) is 6.45. The Bertz CT molecular complexity index is 511. The van der Waals surface area contributed by atoms with E-state index < -0.39 is 0 Å². The summed E-state index contributed by atoms with van der Waals surface area (Å²) >= 11 is 0. The SMILES string of the molecule is c1cc(CNCC2CCC3(CCCC3)O2)c2c(c1)OCO2. The van der Waals surface area contributed by atoms with Gasteiger partial charge >= 0.3 is 0 Å². The number of para-hydroxylation sites is 1. The van der Waals surface area contributed by atoms with Crippen LogP contribution in [0.2, 0.25) is 0 Å². The highest BCUT2D eigenvalue weighted by Gasteiger charge is 2.41. The molecule has 3 aliphatic rings. The van der Waals surface area contributed by atoms with Crippen LogP contribution in [-0.4, -0.2) is 25.0 Å². The molecule has 1 N–H and O–H groups in total. The molecule has 2 heterocycles. The van der Waals surface area contributed by atoms with Crippen molar-refractivity contribution in [3.8, 4) is 11.5 Å². The third kappa shape index (κ3) is 2.62. The van der Waals surface area contributed by atoms with Gasteiger partial charge in [0.1, 0.15) is 0 Å². The van der Waals surface area contributed by atoms with Crippen molar-refractivity contribution in [1.29, 1.82) is 0 Å². The lowest BCUT2D eigenvalue weighted by Crippen LogP contribution is -2.30. The lowest BCUT2D eigenvalue weighted by atomic mass is 9.98. The molecule has 1 spiro atoms. The van der Waals surface area contributed by atoms with Crippen LogP contribution >= 0.6 is 0 Å². The van der Waals surface area contributed by atoms with Gasteiger partial charge in [-0.2, -0.15) is 0 Å². The predicted octanol–water partition coefficient (Wildman–Crippen LogP) is 3.00. The molecule has 114 valence electrons. The molecule has 2 aliphatic heterocycles. The van der Waals surface area contributed by atoms with E-state index >= 15 is 0 Å². The summed E-state index contributed by atoms with van der Waals surface area (Å²) in [7, 11) is 0. The Balaban J connectivity index is 1.30. The number of hydrogen-bond acceptors (Lipinski definition) is 4. The first-order chi connectivity index (χ1) is 10.3. The highest BCUT2D eigenvalue weighted by atomic mass is 16.7. The molecule has 1 saturated carbocycles. The van der Waals surface area contributed by atoms with Gasteiger partial charge in [-0.05, 0) is 31.7 Å². The summed E-state index contributed by atoms with van der Waals surface area (Å²) < 4.78 is 17.3. The molecular weight excluding hydrogens is 266 g/mol. The van der Waals surface area contributed by atoms with Crippen molar-refractivity contribution in [3.05, 3.63) is 23.8 Å². The predicted molar refractivity (Wildman–Crippen MR) is 79.6 cm³/mol. The quantitative estimate of drug-likeness (QED) is 0.925. The zero-order valence-electron chi connectivity index (χ0n) is 12.4. The standard InChI is InChI=1S/C17H23NO3/c1-2-8-17(7-1)9-6-14(21-17)11-18-10-13-4-3-5-15-16(13)20-12-19-15/h3-5,14,18H,1-2,6-12H2. The first kappa shape index (κ1) is 13.4. The third-order valence-corrected chi connectivity index (χ3v) is 5.02. The van der Waals surface area contributed by atoms with Crippen molar-refractivity contribution in [3.63, 3.8) is 0 Å². The molecule has 0 amide bonds. The van der Waals surface area contributed by atoms with Gasteiger partial charge in [0.2, 0.25) is 6.79 Å². The van der Waals surface area contributed by atoms with Gasteiger partial charge < -0.3 is 19.5 Å². The maximum Gasteiger partial charge on any atom is 0.231 e. The Hall–Kier alpha value is -1.26. The number of fused-ring (bicyclic) bond motifs is 1. The second-order valence-electron chi connectivity index (χ2n) is 6.45. The van der Waals surface area contributed by atoms with E-state index in [0.717, 1.165) is 24.6 Å². The Morgan fingerprint density at radius 2 is 2.05 bits per heavy atom. The highest BCUT2D eigenvalue weighted by Crippen LogP contribution is 2.43. The number of nitrogens with one attached hydrogen (secondary N) is 1. The molecule has 0 radical (unpaired) electrons. The molecule has 2 fully saturated rings. The van der Waals surface area contributed by atoms with Gasteiger partial charge in [-0.3, -0.25) is 0 Å². The van der Waals surface area contributed by atoms with E-state index in [-0.39, 0.29) is 5.60 Å². The van der Waals surface area contributed by atoms with E-state index in [2.05, 4.69) is 11.4 Å². The maximum absolute atomic E-state index is 6.32. The fraction of sp³-hybridized carbons (Fsp3) is 0.647. The van der Waals surface area contributed by atoms with Crippen LogP contribution in [0.3, 0.4) is 0 Å². The minimum absolute atomic E-state index is 0.233. The van der Waals surface area contributed by atoms with Crippen LogP contribution in [0.1, 0.15) is 44.1 Å². The summed E-state index contributed by atoms with van der Waals surface area (Å²) in [6.45, 7) is 2.06. The van der Waals surface area contributed by atoms with E-state index in [1.807, 2.05) is 12.1 Å².